The minimum Gasteiger partial charge on any atom is -0.497 e. The maximum atomic E-state index is 12.6. The van der Waals surface area contributed by atoms with Gasteiger partial charge in [-0.25, -0.2) is 4.98 Å². The number of likely N-dealkylation sites (N-methyl/N-ethyl adjacent to an activating group) is 1. The van der Waals surface area contributed by atoms with Gasteiger partial charge in [0.25, 0.3) is 5.91 Å². The summed E-state index contributed by atoms with van der Waals surface area (Å²) in [5, 5.41) is 0.729. The van der Waals surface area contributed by atoms with Crippen molar-refractivity contribution in [3.8, 4) is 5.75 Å². The molecule has 5 heteroatoms. The lowest BCUT2D eigenvalue weighted by Crippen LogP contribution is -2.28. The summed E-state index contributed by atoms with van der Waals surface area (Å²) >= 11 is 1.54. The van der Waals surface area contributed by atoms with Gasteiger partial charge in [0, 0.05) is 12.6 Å². The lowest BCUT2D eigenvalue weighted by Gasteiger charge is -2.15. The van der Waals surface area contributed by atoms with Crippen LogP contribution in [-0.4, -0.2) is 24.5 Å². The zero-order valence-electron chi connectivity index (χ0n) is 14.5. The zero-order valence-corrected chi connectivity index (χ0v) is 15.3. The van der Waals surface area contributed by atoms with E-state index in [1.807, 2.05) is 56.3 Å². The van der Waals surface area contributed by atoms with Crippen molar-refractivity contribution in [3.63, 3.8) is 0 Å². The molecular weight excluding hydrogens is 332 g/mol. The summed E-state index contributed by atoms with van der Waals surface area (Å²) in [7, 11) is 1.63. The number of aromatic nitrogens is 1. The summed E-state index contributed by atoms with van der Waals surface area (Å²) in [6, 6.07) is 13.7. The number of carbonyl (C=O) groups excluding carboxylic acids is 1. The van der Waals surface area contributed by atoms with E-state index >= 15 is 0 Å². The highest BCUT2D eigenvalue weighted by Crippen LogP contribution is 2.30. The number of hydrogen-bond donors (Lipinski definition) is 0. The van der Waals surface area contributed by atoms with Crippen molar-refractivity contribution < 1.29 is 9.53 Å². The predicted molar refractivity (Wildman–Crippen MR) is 104 cm³/mol. The number of methoxy groups -OCH3 is 1. The topological polar surface area (TPSA) is 42.4 Å². The van der Waals surface area contributed by atoms with Gasteiger partial charge in [0.1, 0.15) is 5.75 Å². The number of anilines is 1. The van der Waals surface area contributed by atoms with E-state index in [-0.39, 0.29) is 5.91 Å². The molecule has 1 amide bonds. The predicted octanol–water partition coefficient (Wildman–Crippen LogP) is 4.68. The molecule has 0 saturated heterocycles. The normalized spacial score (nSPS) is 11.2. The van der Waals surface area contributed by atoms with Crippen molar-refractivity contribution in [2.24, 2.45) is 0 Å². The van der Waals surface area contributed by atoms with Crippen molar-refractivity contribution in [1.29, 1.82) is 0 Å². The fourth-order valence-corrected chi connectivity index (χ4v) is 3.69. The summed E-state index contributed by atoms with van der Waals surface area (Å²) in [5.74, 6) is 0.686. The number of amides is 1. The first-order valence-corrected chi connectivity index (χ1v) is 8.94. The van der Waals surface area contributed by atoms with Crippen LogP contribution >= 0.6 is 11.3 Å². The number of para-hydroxylation sites is 1. The first kappa shape index (κ1) is 17.2. The molecule has 0 aliphatic rings. The molecule has 2 aromatic carbocycles. The molecule has 0 N–H and O–H groups in total. The number of benzene rings is 2. The van der Waals surface area contributed by atoms with Crippen LogP contribution in [0.3, 0.4) is 0 Å². The number of fused-ring (bicyclic) bond motifs is 1. The Morgan fingerprint density at radius 1 is 1.28 bits per heavy atom. The number of carbonyl (C=O) groups is 1. The third-order valence-electron chi connectivity index (χ3n) is 3.93. The number of thiazole rings is 1. The van der Waals surface area contributed by atoms with Crippen molar-refractivity contribution in [2.75, 3.05) is 18.6 Å². The number of rotatable bonds is 5. The Balaban J connectivity index is 1.85. The Labute approximate surface area is 151 Å². The molecular formula is C20H20N2O2S. The maximum Gasteiger partial charge on any atom is 0.252 e. The average Bonchev–Trinajstić information content (AvgIpc) is 3.06. The van der Waals surface area contributed by atoms with Gasteiger partial charge in [0.2, 0.25) is 0 Å². The molecule has 4 nitrogen and oxygen atoms in total. The maximum absolute atomic E-state index is 12.6. The molecule has 0 spiro atoms. The van der Waals surface area contributed by atoms with E-state index in [9.17, 15) is 4.79 Å². The van der Waals surface area contributed by atoms with Gasteiger partial charge in [-0.2, -0.15) is 0 Å². The van der Waals surface area contributed by atoms with Crippen molar-refractivity contribution in [1.82, 2.24) is 4.98 Å². The van der Waals surface area contributed by atoms with Crippen LogP contribution in [0.2, 0.25) is 0 Å². The molecule has 0 aliphatic carbocycles. The lowest BCUT2D eigenvalue weighted by atomic mass is 10.2. The Morgan fingerprint density at radius 2 is 2.08 bits per heavy atom. The highest BCUT2D eigenvalue weighted by Gasteiger charge is 2.16. The lowest BCUT2D eigenvalue weighted by molar-refractivity contribution is -0.114. The smallest absolute Gasteiger partial charge is 0.252 e. The molecule has 1 heterocycles. The van der Waals surface area contributed by atoms with E-state index in [1.165, 1.54) is 0 Å². The van der Waals surface area contributed by atoms with E-state index in [0.29, 0.717) is 6.54 Å². The molecule has 3 rings (SSSR count). The van der Waals surface area contributed by atoms with Crippen molar-refractivity contribution in [2.45, 2.75) is 13.8 Å². The summed E-state index contributed by atoms with van der Waals surface area (Å²) < 4.78 is 6.30. The highest BCUT2D eigenvalue weighted by molar-refractivity contribution is 7.22. The zero-order chi connectivity index (χ0) is 17.8. The number of nitrogens with zero attached hydrogens (tertiary/aromatic N) is 2. The van der Waals surface area contributed by atoms with E-state index in [4.69, 9.17) is 4.74 Å². The molecule has 25 heavy (non-hydrogen) atoms. The van der Waals surface area contributed by atoms with E-state index < -0.39 is 0 Å². The largest absolute Gasteiger partial charge is 0.497 e. The molecule has 0 aliphatic heterocycles. The second-order valence-corrected chi connectivity index (χ2v) is 6.62. The number of aryl methyl sites for hydroxylation is 1. The minimum atomic E-state index is -0.0815. The van der Waals surface area contributed by atoms with Crippen LogP contribution in [0.25, 0.3) is 16.3 Å². The van der Waals surface area contributed by atoms with Crippen LogP contribution in [0.1, 0.15) is 18.1 Å². The Kier molecular flexibility index (Phi) is 5.14. The van der Waals surface area contributed by atoms with Crippen LogP contribution in [0.5, 0.6) is 5.75 Å². The van der Waals surface area contributed by atoms with Crippen LogP contribution < -0.4 is 9.64 Å². The summed E-state index contributed by atoms with van der Waals surface area (Å²) in [4.78, 5) is 19.0. The van der Waals surface area contributed by atoms with Gasteiger partial charge in [0.05, 0.1) is 17.3 Å². The minimum absolute atomic E-state index is 0.0815. The number of ether oxygens (including phenoxy) is 1. The summed E-state index contributed by atoms with van der Waals surface area (Å²) in [6.45, 7) is 4.56. The third kappa shape index (κ3) is 3.72. The third-order valence-corrected chi connectivity index (χ3v) is 4.98. The van der Waals surface area contributed by atoms with Gasteiger partial charge in [0.15, 0.2) is 5.13 Å². The molecule has 0 radical (unpaired) electrons. The highest BCUT2D eigenvalue weighted by atomic mass is 32.1. The average molecular weight is 352 g/mol. The van der Waals surface area contributed by atoms with E-state index in [2.05, 4.69) is 4.98 Å². The van der Waals surface area contributed by atoms with Crippen molar-refractivity contribution in [3.05, 3.63) is 59.7 Å². The van der Waals surface area contributed by atoms with Crippen molar-refractivity contribution >= 4 is 38.7 Å². The monoisotopic (exact) mass is 352 g/mol. The van der Waals surface area contributed by atoms with E-state index in [0.717, 1.165) is 32.2 Å². The van der Waals surface area contributed by atoms with Gasteiger partial charge < -0.3 is 4.74 Å². The van der Waals surface area contributed by atoms with Gasteiger partial charge in [-0.05, 0) is 49.2 Å². The molecule has 0 atom stereocenters. The van der Waals surface area contributed by atoms with Gasteiger partial charge in [-0.15, -0.1) is 0 Å². The van der Waals surface area contributed by atoms with Crippen LogP contribution in [0.15, 0.2) is 48.5 Å². The molecule has 0 bridgehead atoms. The first-order chi connectivity index (χ1) is 12.1. The molecule has 128 valence electrons. The Morgan fingerprint density at radius 3 is 2.80 bits per heavy atom. The van der Waals surface area contributed by atoms with Crippen LogP contribution in [0.4, 0.5) is 5.13 Å². The van der Waals surface area contributed by atoms with Crippen LogP contribution in [-0.2, 0) is 4.79 Å². The Bertz CT molecular complexity index is 930. The molecule has 0 saturated carbocycles. The molecule has 1 aromatic heterocycles. The molecule has 0 fully saturated rings. The quantitative estimate of drug-likeness (QED) is 0.626. The fourth-order valence-electron chi connectivity index (χ4n) is 2.58. The first-order valence-electron chi connectivity index (χ1n) is 8.12. The van der Waals surface area contributed by atoms with Crippen LogP contribution in [0, 0.1) is 6.92 Å². The van der Waals surface area contributed by atoms with Gasteiger partial charge in [-0.1, -0.05) is 35.6 Å². The fraction of sp³-hybridized carbons (Fsp3) is 0.200. The summed E-state index contributed by atoms with van der Waals surface area (Å²) in [5.41, 5.74) is 3.00. The second kappa shape index (κ2) is 7.49. The number of hydrogen-bond acceptors (Lipinski definition) is 4. The standard InChI is InChI=1S/C20H20N2O2S/c1-4-22(20-21-19-14(2)7-5-10-17(19)25-20)18(23)12-11-15-8-6-9-16(13-15)24-3/h5-13H,4H2,1-3H3. The Hall–Kier alpha value is -2.66. The van der Waals surface area contributed by atoms with Gasteiger partial charge >= 0.3 is 0 Å². The van der Waals surface area contributed by atoms with Gasteiger partial charge in [-0.3, -0.25) is 9.69 Å². The molecule has 3 aromatic rings. The molecule has 0 unspecified atom stereocenters. The second-order valence-electron chi connectivity index (χ2n) is 5.61. The SMILES string of the molecule is CCN(C(=O)C=Cc1cccc(OC)c1)c1nc2c(C)cccc2s1. The van der Waals surface area contributed by atoms with E-state index in [1.54, 1.807) is 35.5 Å². The summed E-state index contributed by atoms with van der Waals surface area (Å²) in [6.07, 6.45) is 3.38.